The van der Waals surface area contributed by atoms with E-state index in [4.69, 9.17) is 14.6 Å². The summed E-state index contributed by atoms with van der Waals surface area (Å²) in [4.78, 5) is 29.2. The Morgan fingerprint density at radius 2 is 1.88 bits per heavy atom. The van der Waals surface area contributed by atoms with Crippen LogP contribution in [-0.4, -0.2) is 52.9 Å². The minimum absolute atomic E-state index is 0.0972. The number of carboxylic acid groups (broad SMARTS) is 1. The van der Waals surface area contributed by atoms with E-state index < -0.39 is 17.4 Å². The molecule has 1 aliphatic rings. The van der Waals surface area contributed by atoms with Crippen LogP contribution in [0, 0.1) is 5.92 Å². The van der Waals surface area contributed by atoms with E-state index in [1.54, 1.807) is 0 Å². The number of nitrogens with zero attached hydrogens (tertiary/aromatic N) is 1. The van der Waals surface area contributed by atoms with Crippen LogP contribution in [0.5, 0.6) is 11.6 Å². The summed E-state index contributed by atoms with van der Waals surface area (Å²) in [5.41, 5.74) is 1.08. The van der Waals surface area contributed by atoms with Crippen LogP contribution in [0.4, 0.5) is 0 Å². The van der Waals surface area contributed by atoms with Gasteiger partial charge in [-0.15, -0.1) is 0 Å². The van der Waals surface area contributed by atoms with Crippen molar-refractivity contribution < 1.29 is 29.3 Å². The monoisotopic (exact) mass is 470 g/mol. The Bertz CT molecular complexity index is 985. The smallest absolute Gasteiger partial charge is 0.329 e. The van der Waals surface area contributed by atoms with E-state index in [-0.39, 0.29) is 18.1 Å². The molecule has 3 rings (SSSR count). The Hall–Kier alpha value is -3.13. The molecule has 184 valence electrons. The average Bonchev–Trinajstić information content (AvgIpc) is 2.84. The summed E-state index contributed by atoms with van der Waals surface area (Å²) < 4.78 is 11.2. The number of hydrogen-bond donors (Lipinski definition) is 3. The molecule has 1 amide bonds. The number of carbonyl (C=O) groups excluding carboxylic acids is 1. The number of hydrogen-bond acceptors (Lipinski definition) is 6. The lowest BCUT2D eigenvalue weighted by molar-refractivity contribution is -0.146. The van der Waals surface area contributed by atoms with Crippen molar-refractivity contribution in [1.29, 1.82) is 0 Å². The average molecular weight is 471 g/mol. The van der Waals surface area contributed by atoms with E-state index in [1.807, 2.05) is 24.3 Å². The first-order valence-corrected chi connectivity index (χ1v) is 11.8. The summed E-state index contributed by atoms with van der Waals surface area (Å²) in [5.74, 6) is -0.426. The maximum atomic E-state index is 13.0. The van der Waals surface area contributed by atoms with Crippen molar-refractivity contribution >= 4 is 11.9 Å². The van der Waals surface area contributed by atoms with Crippen LogP contribution >= 0.6 is 0 Å². The van der Waals surface area contributed by atoms with Gasteiger partial charge in [-0.05, 0) is 49.1 Å². The molecule has 1 aliphatic carbocycles. The van der Waals surface area contributed by atoms with Crippen LogP contribution in [0.1, 0.15) is 60.5 Å². The molecule has 1 aromatic carbocycles. The number of nitrogens with one attached hydrogen (secondary N) is 1. The van der Waals surface area contributed by atoms with Crippen LogP contribution in [-0.2, 0) is 17.6 Å². The molecule has 3 N–H and O–H groups in total. The predicted octanol–water partition coefficient (Wildman–Crippen LogP) is 3.40. The van der Waals surface area contributed by atoms with E-state index in [0.717, 1.165) is 30.4 Å². The van der Waals surface area contributed by atoms with Gasteiger partial charge >= 0.3 is 5.97 Å². The van der Waals surface area contributed by atoms with Gasteiger partial charge in [0.1, 0.15) is 5.54 Å². The van der Waals surface area contributed by atoms with Crippen molar-refractivity contribution in [2.75, 3.05) is 20.3 Å². The van der Waals surface area contributed by atoms with Crippen LogP contribution < -0.4 is 14.8 Å². The Morgan fingerprint density at radius 1 is 1.18 bits per heavy atom. The Labute approximate surface area is 200 Å². The van der Waals surface area contributed by atoms with Crippen molar-refractivity contribution in [2.45, 2.75) is 57.4 Å². The molecular weight excluding hydrogens is 436 g/mol. The predicted molar refractivity (Wildman–Crippen MR) is 127 cm³/mol. The number of rotatable bonds is 11. The fourth-order valence-corrected chi connectivity index (χ4v) is 4.42. The molecule has 0 radical (unpaired) electrons. The lowest BCUT2D eigenvalue weighted by Gasteiger charge is -2.37. The highest BCUT2D eigenvalue weighted by molar-refractivity contribution is 5.98. The quantitative estimate of drug-likeness (QED) is 0.461. The molecule has 1 saturated carbocycles. The summed E-state index contributed by atoms with van der Waals surface area (Å²) in [7, 11) is 1.47. The van der Waals surface area contributed by atoms with Gasteiger partial charge in [-0.3, -0.25) is 4.79 Å². The molecule has 0 aliphatic heterocycles. The first-order chi connectivity index (χ1) is 16.4. The summed E-state index contributed by atoms with van der Waals surface area (Å²) in [6.07, 6.45) is 5.98. The number of aliphatic hydroxyl groups excluding tert-OH is 1. The van der Waals surface area contributed by atoms with Crippen LogP contribution in [0.15, 0.2) is 36.5 Å². The molecule has 8 nitrogen and oxygen atoms in total. The highest BCUT2D eigenvalue weighted by atomic mass is 16.5. The first kappa shape index (κ1) is 25.5. The molecule has 0 saturated heterocycles. The van der Waals surface area contributed by atoms with Crippen molar-refractivity contribution in [2.24, 2.45) is 5.92 Å². The number of benzene rings is 1. The van der Waals surface area contributed by atoms with Gasteiger partial charge in [0, 0.05) is 25.3 Å². The minimum atomic E-state index is -1.26. The summed E-state index contributed by atoms with van der Waals surface area (Å²) in [5, 5.41) is 21.8. The van der Waals surface area contributed by atoms with E-state index in [0.29, 0.717) is 44.0 Å². The highest BCUT2D eigenvalue weighted by Gasteiger charge is 2.43. The molecule has 0 bridgehead atoms. The second-order valence-electron chi connectivity index (χ2n) is 8.82. The fraction of sp³-hybridized carbons (Fsp3) is 0.500. The van der Waals surface area contributed by atoms with E-state index in [2.05, 4.69) is 17.2 Å². The number of ether oxygens (including phenoxy) is 2. The number of pyridine rings is 1. The lowest BCUT2D eigenvalue weighted by Crippen LogP contribution is -2.56. The number of aliphatic carboxylic acids is 1. The third-order valence-corrected chi connectivity index (χ3v) is 6.61. The SMILES string of the molecule is CCC1CCC(NC(=O)c2cnc(OC)c(OCCc3cccc(CCO)c3)c2)(C(=O)O)CC1. The number of aliphatic hydroxyl groups is 1. The largest absolute Gasteiger partial charge is 0.488 e. The van der Waals surface area contributed by atoms with Gasteiger partial charge in [-0.2, -0.15) is 0 Å². The van der Waals surface area contributed by atoms with Crippen molar-refractivity contribution in [3.63, 3.8) is 0 Å². The molecule has 0 atom stereocenters. The standard InChI is InChI=1S/C26H34N2O6/c1-3-18-7-11-26(12-8-18,25(31)32)28-23(30)21-16-22(24(33-2)27-17-21)34-14-10-20-6-4-5-19(15-20)9-13-29/h4-6,15-18,29H,3,7-14H2,1-2H3,(H,28,30)(H,31,32). The van der Waals surface area contributed by atoms with Crippen molar-refractivity contribution in [3.05, 3.63) is 53.2 Å². The maximum absolute atomic E-state index is 13.0. The Kier molecular flexibility index (Phi) is 8.87. The fourth-order valence-electron chi connectivity index (χ4n) is 4.42. The second-order valence-corrected chi connectivity index (χ2v) is 8.82. The zero-order valence-corrected chi connectivity index (χ0v) is 19.9. The van der Waals surface area contributed by atoms with E-state index >= 15 is 0 Å². The highest BCUT2D eigenvalue weighted by Crippen LogP contribution is 2.34. The lowest BCUT2D eigenvalue weighted by atomic mass is 9.75. The molecule has 0 unspecified atom stereocenters. The molecule has 1 heterocycles. The molecule has 0 spiro atoms. The minimum Gasteiger partial charge on any atom is -0.488 e. The van der Waals surface area contributed by atoms with Crippen molar-refractivity contribution in [1.82, 2.24) is 10.3 Å². The molecule has 1 fully saturated rings. The maximum Gasteiger partial charge on any atom is 0.329 e. The topological polar surface area (TPSA) is 118 Å². The van der Waals surface area contributed by atoms with Gasteiger partial charge in [0.2, 0.25) is 0 Å². The Morgan fingerprint density at radius 3 is 2.50 bits per heavy atom. The summed E-state index contributed by atoms with van der Waals surface area (Å²) in [6, 6.07) is 9.46. The van der Waals surface area contributed by atoms with E-state index in [9.17, 15) is 14.7 Å². The Balaban J connectivity index is 1.68. The van der Waals surface area contributed by atoms with Gasteiger partial charge in [0.05, 0.1) is 19.3 Å². The zero-order valence-electron chi connectivity index (χ0n) is 19.9. The molecule has 1 aromatic heterocycles. The number of aromatic nitrogens is 1. The third-order valence-electron chi connectivity index (χ3n) is 6.61. The second kappa shape index (κ2) is 11.8. The van der Waals surface area contributed by atoms with Crippen LogP contribution in [0.25, 0.3) is 0 Å². The number of carbonyl (C=O) groups is 2. The van der Waals surface area contributed by atoms with Gasteiger partial charge in [-0.1, -0.05) is 37.6 Å². The molecule has 8 heteroatoms. The van der Waals surface area contributed by atoms with Crippen molar-refractivity contribution in [3.8, 4) is 11.6 Å². The number of carboxylic acids is 1. The number of amides is 1. The first-order valence-electron chi connectivity index (χ1n) is 11.8. The van der Waals surface area contributed by atoms with Crippen LogP contribution in [0.3, 0.4) is 0 Å². The summed E-state index contributed by atoms with van der Waals surface area (Å²) >= 11 is 0. The third kappa shape index (κ3) is 6.26. The molecule has 34 heavy (non-hydrogen) atoms. The van der Waals surface area contributed by atoms with Gasteiger partial charge in [0.25, 0.3) is 11.8 Å². The summed E-state index contributed by atoms with van der Waals surface area (Å²) in [6.45, 7) is 2.54. The molecule has 2 aromatic rings. The molecular formula is C26H34N2O6. The van der Waals surface area contributed by atoms with Crippen LogP contribution in [0.2, 0.25) is 0 Å². The van der Waals surface area contributed by atoms with E-state index in [1.165, 1.54) is 19.4 Å². The number of methoxy groups -OCH3 is 1. The van der Waals surface area contributed by atoms with Gasteiger partial charge in [-0.25, -0.2) is 9.78 Å². The normalized spacial score (nSPS) is 19.9. The zero-order chi connectivity index (χ0) is 24.6. The van der Waals surface area contributed by atoms with Gasteiger partial charge in [0.15, 0.2) is 5.75 Å². The van der Waals surface area contributed by atoms with Gasteiger partial charge < -0.3 is 25.0 Å².